The quantitative estimate of drug-likeness (QED) is 0.352. The number of hydrogen-bond acceptors (Lipinski definition) is 5. The van der Waals surface area contributed by atoms with E-state index >= 15 is 0 Å². The van der Waals surface area contributed by atoms with Gasteiger partial charge in [0, 0.05) is 16.7 Å². The Morgan fingerprint density at radius 1 is 1.09 bits per heavy atom. The molecule has 2 fully saturated rings. The van der Waals surface area contributed by atoms with Crippen LogP contribution in [0, 0.1) is 11.8 Å². The summed E-state index contributed by atoms with van der Waals surface area (Å²) in [4.78, 5) is 39.7. The second-order valence-corrected chi connectivity index (χ2v) is 10.2. The summed E-state index contributed by atoms with van der Waals surface area (Å²) >= 11 is 1.59. The SMILES string of the molecule is CC1(C)NC(=O)N(C[C@@H]2CC[C@H](Sc3ccc(-c4ccccc4)cc3)[C@H]2C(=O)NO)C1=O. The van der Waals surface area contributed by atoms with Crippen LogP contribution in [-0.2, 0) is 9.59 Å². The Hall–Kier alpha value is -2.84. The van der Waals surface area contributed by atoms with Crippen LogP contribution in [0.4, 0.5) is 4.79 Å². The molecule has 1 saturated heterocycles. The average Bonchev–Trinajstić information content (AvgIpc) is 3.27. The fourth-order valence-electron chi connectivity index (χ4n) is 4.59. The highest BCUT2D eigenvalue weighted by Crippen LogP contribution is 2.43. The third-order valence-corrected chi connectivity index (χ3v) is 7.63. The topological polar surface area (TPSA) is 98.7 Å². The number of rotatable bonds is 6. The molecule has 2 aromatic rings. The first-order chi connectivity index (χ1) is 15.3. The number of imide groups is 1. The van der Waals surface area contributed by atoms with Gasteiger partial charge in [-0.25, -0.2) is 10.3 Å². The van der Waals surface area contributed by atoms with Crippen LogP contribution >= 0.6 is 11.8 Å². The standard InChI is InChI=1S/C24H27N3O4S/c1-24(2)22(29)27(23(30)25-24)14-17-10-13-19(20(17)21(28)26-31)32-18-11-8-16(9-12-18)15-6-4-3-5-7-15/h3-9,11-12,17,19-20,31H,10,13-14H2,1-2H3,(H,25,30)(H,26,28)/t17-,19-,20-/m0/s1. The van der Waals surface area contributed by atoms with Crippen molar-refractivity contribution < 1.29 is 19.6 Å². The van der Waals surface area contributed by atoms with E-state index in [9.17, 15) is 19.6 Å². The summed E-state index contributed by atoms with van der Waals surface area (Å²) < 4.78 is 0. The molecule has 0 radical (unpaired) electrons. The van der Waals surface area contributed by atoms with Gasteiger partial charge in [0.05, 0.1) is 5.92 Å². The first-order valence-electron chi connectivity index (χ1n) is 10.7. The molecule has 1 aliphatic carbocycles. The molecule has 3 atom stereocenters. The Balaban J connectivity index is 1.48. The Bertz CT molecular complexity index is 1010. The first kappa shape index (κ1) is 22.4. The Labute approximate surface area is 191 Å². The van der Waals surface area contributed by atoms with Crippen molar-refractivity contribution in [3.8, 4) is 11.1 Å². The number of amides is 4. The van der Waals surface area contributed by atoms with Crippen LogP contribution in [0.3, 0.4) is 0 Å². The van der Waals surface area contributed by atoms with Gasteiger partial charge in [0.2, 0.25) is 5.91 Å². The molecular weight excluding hydrogens is 426 g/mol. The molecule has 1 heterocycles. The normalized spacial score (nSPS) is 24.5. The first-order valence-corrected chi connectivity index (χ1v) is 11.6. The summed E-state index contributed by atoms with van der Waals surface area (Å²) in [5.41, 5.74) is 3.10. The minimum absolute atomic E-state index is 0.0662. The summed E-state index contributed by atoms with van der Waals surface area (Å²) in [6, 6.07) is 17.9. The highest BCUT2D eigenvalue weighted by molar-refractivity contribution is 8.00. The summed E-state index contributed by atoms with van der Waals surface area (Å²) in [5.74, 6) is -1.49. The minimum Gasteiger partial charge on any atom is -0.324 e. The zero-order valence-electron chi connectivity index (χ0n) is 18.1. The van der Waals surface area contributed by atoms with Crippen LogP contribution in [0.1, 0.15) is 26.7 Å². The van der Waals surface area contributed by atoms with Gasteiger partial charge in [-0.3, -0.25) is 19.7 Å². The van der Waals surface area contributed by atoms with Gasteiger partial charge in [-0.1, -0.05) is 42.5 Å². The number of benzene rings is 2. The van der Waals surface area contributed by atoms with Gasteiger partial charge < -0.3 is 5.32 Å². The third kappa shape index (κ3) is 4.38. The molecular formula is C24H27N3O4S. The maximum atomic E-state index is 12.6. The number of carbonyl (C=O) groups is 3. The van der Waals surface area contributed by atoms with E-state index in [1.54, 1.807) is 31.1 Å². The van der Waals surface area contributed by atoms with Crippen molar-refractivity contribution in [2.75, 3.05) is 6.54 Å². The van der Waals surface area contributed by atoms with Gasteiger partial charge in [0.25, 0.3) is 5.91 Å². The lowest BCUT2D eigenvalue weighted by atomic mass is 9.94. The number of nitrogens with zero attached hydrogens (tertiary/aromatic N) is 1. The summed E-state index contributed by atoms with van der Waals surface area (Å²) in [6.07, 6.45) is 1.44. The highest BCUT2D eigenvalue weighted by Gasteiger charge is 2.48. The maximum absolute atomic E-state index is 12.6. The molecule has 3 N–H and O–H groups in total. The minimum atomic E-state index is -0.945. The molecule has 8 heteroatoms. The molecule has 1 aliphatic heterocycles. The molecule has 2 aliphatic rings. The highest BCUT2D eigenvalue weighted by atomic mass is 32.2. The van der Waals surface area contributed by atoms with Crippen LogP contribution in [0.25, 0.3) is 11.1 Å². The molecule has 4 rings (SSSR count). The number of hydroxylamine groups is 1. The Morgan fingerprint density at radius 2 is 1.75 bits per heavy atom. The summed E-state index contributed by atoms with van der Waals surface area (Å²) in [6.45, 7) is 3.49. The molecule has 2 aromatic carbocycles. The largest absolute Gasteiger partial charge is 0.325 e. The zero-order chi connectivity index (χ0) is 22.9. The average molecular weight is 454 g/mol. The molecule has 1 saturated carbocycles. The molecule has 0 unspecified atom stereocenters. The van der Waals surface area contributed by atoms with E-state index in [4.69, 9.17) is 0 Å². The van der Waals surface area contributed by atoms with Crippen LogP contribution in [0.5, 0.6) is 0 Å². The maximum Gasteiger partial charge on any atom is 0.325 e. The number of urea groups is 1. The van der Waals surface area contributed by atoms with Gasteiger partial charge >= 0.3 is 6.03 Å². The van der Waals surface area contributed by atoms with E-state index in [0.29, 0.717) is 6.42 Å². The van der Waals surface area contributed by atoms with Crippen LogP contribution in [0.2, 0.25) is 0 Å². The van der Waals surface area contributed by atoms with Gasteiger partial charge in [0.15, 0.2) is 0 Å². The Morgan fingerprint density at radius 3 is 2.34 bits per heavy atom. The van der Waals surface area contributed by atoms with Crippen molar-refractivity contribution in [1.29, 1.82) is 0 Å². The molecule has 32 heavy (non-hydrogen) atoms. The van der Waals surface area contributed by atoms with Crippen molar-refractivity contribution in [3.63, 3.8) is 0 Å². The van der Waals surface area contributed by atoms with E-state index in [1.165, 1.54) is 4.90 Å². The van der Waals surface area contributed by atoms with Crippen molar-refractivity contribution >= 4 is 29.6 Å². The van der Waals surface area contributed by atoms with Crippen molar-refractivity contribution in [2.24, 2.45) is 11.8 Å². The van der Waals surface area contributed by atoms with E-state index < -0.39 is 23.4 Å². The predicted molar refractivity (Wildman–Crippen MR) is 122 cm³/mol. The lowest BCUT2D eigenvalue weighted by Crippen LogP contribution is -2.43. The lowest BCUT2D eigenvalue weighted by molar-refractivity contribution is -0.136. The van der Waals surface area contributed by atoms with Crippen LogP contribution in [-0.4, -0.2) is 45.3 Å². The second-order valence-electron chi connectivity index (χ2n) is 8.86. The van der Waals surface area contributed by atoms with Gasteiger partial charge in [0.1, 0.15) is 5.54 Å². The van der Waals surface area contributed by atoms with E-state index in [0.717, 1.165) is 22.4 Å². The Kier molecular flexibility index (Phi) is 6.26. The van der Waals surface area contributed by atoms with E-state index in [-0.39, 0.29) is 23.6 Å². The van der Waals surface area contributed by atoms with Gasteiger partial charge in [-0.05, 0) is 55.9 Å². The predicted octanol–water partition coefficient (Wildman–Crippen LogP) is 3.68. The number of hydrogen-bond donors (Lipinski definition) is 3. The number of carbonyl (C=O) groups excluding carboxylic acids is 3. The zero-order valence-corrected chi connectivity index (χ0v) is 18.9. The fourth-order valence-corrected chi connectivity index (χ4v) is 5.97. The number of nitrogens with one attached hydrogen (secondary N) is 2. The van der Waals surface area contributed by atoms with Crippen LogP contribution < -0.4 is 10.8 Å². The lowest BCUT2D eigenvalue weighted by Gasteiger charge is -2.25. The van der Waals surface area contributed by atoms with Gasteiger partial charge in [-0.15, -0.1) is 11.8 Å². The van der Waals surface area contributed by atoms with Crippen molar-refractivity contribution in [1.82, 2.24) is 15.7 Å². The molecule has 168 valence electrons. The van der Waals surface area contributed by atoms with Crippen LogP contribution in [0.15, 0.2) is 59.5 Å². The second kappa shape index (κ2) is 8.96. The monoisotopic (exact) mass is 453 g/mol. The van der Waals surface area contributed by atoms with Gasteiger partial charge in [-0.2, -0.15) is 0 Å². The van der Waals surface area contributed by atoms with E-state index in [2.05, 4.69) is 29.6 Å². The fraction of sp³-hybridized carbons (Fsp3) is 0.375. The van der Waals surface area contributed by atoms with E-state index in [1.807, 2.05) is 30.3 Å². The summed E-state index contributed by atoms with van der Waals surface area (Å²) in [5, 5.41) is 11.9. The smallest absolute Gasteiger partial charge is 0.324 e. The summed E-state index contributed by atoms with van der Waals surface area (Å²) in [7, 11) is 0. The molecule has 0 bridgehead atoms. The molecule has 0 aromatic heterocycles. The van der Waals surface area contributed by atoms with Crippen molar-refractivity contribution in [3.05, 3.63) is 54.6 Å². The molecule has 4 amide bonds. The molecule has 0 spiro atoms. The number of thioether (sulfide) groups is 1. The van der Waals surface area contributed by atoms with Crippen molar-refractivity contribution in [2.45, 2.75) is 42.4 Å². The molecule has 7 nitrogen and oxygen atoms in total. The third-order valence-electron chi connectivity index (χ3n) is 6.25.